The van der Waals surface area contributed by atoms with Gasteiger partial charge in [-0.15, -0.1) is 0 Å². The molecule has 4 N–H and O–H groups in total. The summed E-state index contributed by atoms with van der Waals surface area (Å²) in [5.74, 6) is -2.27. The zero-order valence-electron chi connectivity index (χ0n) is 16.0. The highest BCUT2D eigenvalue weighted by Gasteiger charge is 2.25. The van der Waals surface area contributed by atoms with Crippen molar-refractivity contribution in [2.45, 2.75) is 19.9 Å². The summed E-state index contributed by atoms with van der Waals surface area (Å²) in [6, 6.07) is 11.4. The molecule has 0 fully saturated rings. The second-order valence-electron chi connectivity index (χ2n) is 6.89. The van der Waals surface area contributed by atoms with Crippen LogP contribution in [0.3, 0.4) is 0 Å². The van der Waals surface area contributed by atoms with E-state index in [0.717, 1.165) is 10.9 Å². The van der Waals surface area contributed by atoms with Gasteiger partial charge in [-0.3, -0.25) is 25.2 Å². The largest absolute Gasteiger partial charge is 0.360 e. The van der Waals surface area contributed by atoms with E-state index in [0.29, 0.717) is 5.56 Å². The third kappa shape index (κ3) is 4.60. The number of para-hydroxylation sites is 1. The molecular formula is C21H21FN4O3. The molecule has 8 heteroatoms. The maximum absolute atomic E-state index is 13.0. The summed E-state index contributed by atoms with van der Waals surface area (Å²) in [5, 5.41) is 3.34. The van der Waals surface area contributed by atoms with Crippen molar-refractivity contribution in [3.8, 4) is 0 Å². The van der Waals surface area contributed by atoms with Crippen molar-refractivity contribution in [2.24, 2.45) is 5.92 Å². The molecule has 0 saturated heterocycles. The van der Waals surface area contributed by atoms with Gasteiger partial charge < -0.3 is 10.3 Å². The molecule has 3 aromatic rings. The molecule has 1 heterocycles. The lowest BCUT2D eigenvalue weighted by atomic mass is 10.0. The standard InChI is InChI=1S/C21H21FN4O3/c1-12(2)18(24-19(27)13-7-9-14(22)10-8-13)21(29)26-25-20(28)16-11-23-17-6-4-3-5-15(16)17/h3-12,18,23H,1-2H3,(H,24,27)(H,25,28)(H,26,29)/t18-/m0/s1. The lowest BCUT2D eigenvalue weighted by molar-refractivity contribution is -0.124. The first-order chi connectivity index (χ1) is 13.9. The Kier molecular flexibility index (Phi) is 5.92. The van der Waals surface area contributed by atoms with Crippen molar-refractivity contribution < 1.29 is 18.8 Å². The molecule has 0 saturated carbocycles. The van der Waals surface area contributed by atoms with E-state index < -0.39 is 29.6 Å². The normalized spacial score (nSPS) is 11.9. The van der Waals surface area contributed by atoms with Gasteiger partial charge in [0.2, 0.25) is 0 Å². The van der Waals surface area contributed by atoms with E-state index in [9.17, 15) is 18.8 Å². The van der Waals surface area contributed by atoms with Crippen LogP contribution < -0.4 is 16.2 Å². The van der Waals surface area contributed by atoms with Gasteiger partial charge in [0.1, 0.15) is 11.9 Å². The lowest BCUT2D eigenvalue weighted by Crippen LogP contribution is -2.54. The lowest BCUT2D eigenvalue weighted by Gasteiger charge is -2.21. The van der Waals surface area contributed by atoms with Crippen LogP contribution >= 0.6 is 0 Å². The first kappa shape index (κ1) is 20.1. The summed E-state index contributed by atoms with van der Waals surface area (Å²) in [6.07, 6.45) is 1.56. The zero-order valence-corrected chi connectivity index (χ0v) is 16.0. The van der Waals surface area contributed by atoms with E-state index in [1.165, 1.54) is 24.3 Å². The SMILES string of the molecule is CC(C)[C@H](NC(=O)c1ccc(F)cc1)C(=O)NNC(=O)c1c[nH]c2ccccc12. The zero-order chi connectivity index (χ0) is 21.0. The molecule has 0 aliphatic carbocycles. The number of fused-ring (bicyclic) bond motifs is 1. The van der Waals surface area contributed by atoms with Crippen LogP contribution in [0, 0.1) is 11.7 Å². The van der Waals surface area contributed by atoms with E-state index in [4.69, 9.17) is 0 Å². The van der Waals surface area contributed by atoms with Gasteiger partial charge in [0, 0.05) is 22.7 Å². The minimum atomic E-state index is -0.893. The summed E-state index contributed by atoms with van der Waals surface area (Å²) in [5.41, 5.74) is 6.15. The predicted octanol–water partition coefficient (Wildman–Crippen LogP) is 2.52. The van der Waals surface area contributed by atoms with E-state index in [-0.39, 0.29) is 11.5 Å². The summed E-state index contributed by atoms with van der Waals surface area (Å²) in [6.45, 7) is 3.52. The summed E-state index contributed by atoms with van der Waals surface area (Å²) in [7, 11) is 0. The number of carbonyl (C=O) groups is 3. The van der Waals surface area contributed by atoms with Gasteiger partial charge in [0.15, 0.2) is 0 Å². The maximum Gasteiger partial charge on any atom is 0.271 e. The number of nitrogens with one attached hydrogen (secondary N) is 4. The third-order valence-electron chi connectivity index (χ3n) is 4.48. The van der Waals surface area contributed by atoms with E-state index in [1.807, 2.05) is 18.2 Å². The number of halogens is 1. The average Bonchev–Trinajstić information content (AvgIpc) is 3.14. The van der Waals surface area contributed by atoms with Gasteiger partial charge in [-0.1, -0.05) is 32.0 Å². The van der Waals surface area contributed by atoms with E-state index in [1.54, 1.807) is 26.1 Å². The van der Waals surface area contributed by atoms with E-state index in [2.05, 4.69) is 21.2 Å². The molecule has 0 unspecified atom stereocenters. The molecule has 3 rings (SSSR count). The Hall–Kier alpha value is -3.68. The molecule has 0 spiro atoms. The molecule has 2 aromatic carbocycles. The fraction of sp³-hybridized carbons (Fsp3) is 0.190. The third-order valence-corrected chi connectivity index (χ3v) is 4.48. The van der Waals surface area contributed by atoms with Crippen molar-refractivity contribution in [3.05, 3.63) is 71.7 Å². The van der Waals surface area contributed by atoms with Gasteiger partial charge in [-0.25, -0.2) is 4.39 Å². The van der Waals surface area contributed by atoms with Crippen molar-refractivity contribution in [3.63, 3.8) is 0 Å². The second kappa shape index (κ2) is 8.55. The molecule has 0 radical (unpaired) electrons. The van der Waals surface area contributed by atoms with Crippen molar-refractivity contribution in [1.29, 1.82) is 0 Å². The van der Waals surface area contributed by atoms with Gasteiger partial charge in [-0.2, -0.15) is 0 Å². The highest BCUT2D eigenvalue weighted by Crippen LogP contribution is 2.17. The van der Waals surface area contributed by atoms with Crippen molar-refractivity contribution in [1.82, 2.24) is 21.2 Å². The maximum atomic E-state index is 13.0. The Labute approximate surface area is 166 Å². The van der Waals surface area contributed by atoms with Crippen LogP contribution in [0.1, 0.15) is 34.6 Å². The quantitative estimate of drug-likeness (QED) is 0.498. The number of rotatable bonds is 5. The highest BCUT2D eigenvalue weighted by atomic mass is 19.1. The Morgan fingerprint density at radius 2 is 1.62 bits per heavy atom. The number of amides is 3. The summed E-state index contributed by atoms with van der Waals surface area (Å²) in [4.78, 5) is 40.3. The number of hydrogen-bond donors (Lipinski definition) is 4. The predicted molar refractivity (Wildman–Crippen MR) is 106 cm³/mol. The van der Waals surface area contributed by atoms with Crippen LogP contribution in [0.15, 0.2) is 54.7 Å². The van der Waals surface area contributed by atoms with Crippen LogP contribution in [0.4, 0.5) is 4.39 Å². The fourth-order valence-electron chi connectivity index (χ4n) is 2.88. The molecule has 1 aromatic heterocycles. The van der Waals surface area contributed by atoms with Crippen LogP contribution in [0.25, 0.3) is 10.9 Å². The number of H-pyrrole nitrogens is 1. The van der Waals surface area contributed by atoms with Gasteiger partial charge in [0.05, 0.1) is 5.56 Å². The first-order valence-electron chi connectivity index (χ1n) is 9.09. The molecule has 0 aliphatic heterocycles. The Bertz CT molecular complexity index is 1040. The minimum Gasteiger partial charge on any atom is -0.360 e. The van der Waals surface area contributed by atoms with Gasteiger partial charge in [-0.05, 0) is 36.2 Å². The topological polar surface area (TPSA) is 103 Å². The molecular weight excluding hydrogens is 375 g/mol. The molecule has 1 atom stereocenters. The number of benzene rings is 2. The first-order valence-corrected chi connectivity index (χ1v) is 9.09. The average molecular weight is 396 g/mol. The van der Waals surface area contributed by atoms with Gasteiger partial charge >= 0.3 is 0 Å². The Balaban J connectivity index is 1.64. The van der Waals surface area contributed by atoms with E-state index >= 15 is 0 Å². The number of carbonyl (C=O) groups excluding carboxylic acids is 3. The van der Waals surface area contributed by atoms with Crippen LogP contribution in [0.5, 0.6) is 0 Å². The number of hydrogen-bond acceptors (Lipinski definition) is 3. The molecule has 7 nitrogen and oxygen atoms in total. The molecule has 0 bridgehead atoms. The monoisotopic (exact) mass is 396 g/mol. The van der Waals surface area contributed by atoms with Crippen LogP contribution in [-0.2, 0) is 4.79 Å². The fourth-order valence-corrected chi connectivity index (χ4v) is 2.88. The molecule has 0 aliphatic rings. The smallest absolute Gasteiger partial charge is 0.271 e. The second-order valence-corrected chi connectivity index (χ2v) is 6.89. The van der Waals surface area contributed by atoms with Gasteiger partial charge in [0.25, 0.3) is 17.7 Å². The summed E-state index contributed by atoms with van der Waals surface area (Å²) < 4.78 is 13.0. The number of aromatic nitrogens is 1. The number of aromatic amines is 1. The Morgan fingerprint density at radius 3 is 2.31 bits per heavy atom. The summed E-state index contributed by atoms with van der Waals surface area (Å²) >= 11 is 0. The highest BCUT2D eigenvalue weighted by molar-refractivity contribution is 6.07. The van der Waals surface area contributed by atoms with Crippen LogP contribution in [-0.4, -0.2) is 28.7 Å². The van der Waals surface area contributed by atoms with Crippen LogP contribution in [0.2, 0.25) is 0 Å². The minimum absolute atomic E-state index is 0.229. The molecule has 3 amide bonds. The molecule has 29 heavy (non-hydrogen) atoms. The van der Waals surface area contributed by atoms with Crippen molar-refractivity contribution in [2.75, 3.05) is 0 Å². The van der Waals surface area contributed by atoms with Crippen molar-refractivity contribution >= 4 is 28.6 Å². The molecule has 150 valence electrons. The Morgan fingerprint density at radius 1 is 0.931 bits per heavy atom. The number of hydrazine groups is 1.